The van der Waals surface area contributed by atoms with Crippen LogP contribution in [0.1, 0.15) is 387 Å². The van der Waals surface area contributed by atoms with Gasteiger partial charge in [-0.25, -0.2) is 0 Å². The van der Waals surface area contributed by atoms with E-state index in [0.717, 1.165) is 57.8 Å². The molecule has 0 saturated carbocycles. The average Bonchev–Trinajstić information content (AvgIpc) is 3.38. The van der Waals surface area contributed by atoms with Crippen LogP contribution >= 0.6 is 0 Å². The zero-order valence-corrected chi connectivity index (χ0v) is 49.2. The molecule has 6 heteroatoms. The minimum absolute atomic E-state index is 0.0605. The summed E-state index contributed by atoms with van der Waals surface area (Å²) in [6.07, 6.45) is 71.2. The van der Waals surface area contributed by atoms with Crippen molar-refractivity contribution in [2.45, 2.75) is 393 Å². The Morgan fingerprint density at radius 1 is 0.222 bits per heavy atom. The van der Waals surface area contributed by atoms with E-state index in [9.17, 15) is 14.4 Å². The third kappa shape index (κ3) is 59.3. The largest absolute Gasteiger partial charge is 0.462 e. The van der Waals surface area contributed by atoms with Gasteiger partial charge in [-0.15, -0.1) is 0 Å². The van der Waals surface area contributed by atoms with Crippen LogP contribution in [0.2, 0.25) is 0 Å². The van der Waals surface area contributed by atoms with Crippen LogP contribution in [0.15, 0.2) is 0 Å². The lowest BCUT2D eigenvalue weighted by atomic mass is 10.0. The number of unbranched alkanes of at least 4 members (excludes halogenated alkanes) is 51. The van der Waals surface area contributed by atoms with Gasteiger partial charge < -0.3 is 14.2 Å². The van der Waals surface area contributed by atoms with Gasteiger partial charge in [0.15, 0.2) is 6.10 Å². The molecule has 0 N–H and O–H groups in total. The van der Waals surface area contributed by atoms with Crippen LogP contribution in [-0.4, -0.2) is 37.2 Å². The van der Waals surface area contributed by atoms with E-state index in [-0.39, 0.29) is 31.1 Å². The highest BCUT2D eigenvalue weighted by atomic mass is 16.6. The molecule has 0 radical (unpaired) electrons. The lowest BCUT2D eigenvalue weighted by molar-refractivity contribution is -0.167. The zero-order valence-electron chi connectivity index (χ0n) is 49.2. The predicted molar refractivity (Wildman–Crippen MR) is 312 cm³/mol. The first-order chi connectivity index (χ1) is 35.5. The van der Waals surface area contributed by atoms with Crippen LogP contribution in [0, 0.1) is 0 Å². The molecule has 0 amide bonds. The third-order valence-corrected chi connectivity index (χ3v) is 15.4. The molecular formula is C66H128O6. The summed E-state index contributed by atoms with van der Waals surface area (Å²) in [4.78, 5) is 38.3. The van der Waals surface area contributed by atoms with Crippen molar-refractivity contribution >= 4 is 17.9 Å². The fourth-order valence-corrected chi connectivity index (χ4v) is 10.4. The van der Waals surface area contributed by atoms with Crippen LogP contribution in [-0.2, 0) is 28.6 Å². The Balaban J connectivity index is 4.20. The van der Waals surface area contributed by atoms with Gasteiger partial charge in [0.25, 0.3) is 0 Å². The number of carbonyl (C=O) groups is 3. The molecule has 0 aromatic rings. The van der Waals surface area contributed by atoms with E-state index in [2.05, 4.69) is 20.8 Å². The normalized spacial score (nSPS) is 11.9. The predicted octanol–water partition coefficient (Wildman–Crippen LogP) is 22.3. The van der Waals surface area contributed by atoms with Crippen molar-refractivity contribution in [3.63, 3.8) is 0 Å². The number of carbonyl (C=O) groups excluding carboxylic acids is 3. The Morgan fingerprint density at radius 2 is 0.375 bits per heavy atom. The molecule has 0 aliphatic carbocycles. The van der Waals surface area contributed by atoms with Crippen molar-refractivity contribution in [2.24, 2.45) is 0 Å². The van der Waals surface area contributed by atoms with E-state index >= 15 is 0 Å². The van der Waals surface area contributed by atoms with Gasteiger partial charge in [0.05, 0.1) is 0 Å². The second-order valence-electron chi connectivity index (χ2n) is 22.8. The van der Waals surface area contributed by atoms with Crippen LogP contribution in [0.25, 0.3) is 0 Å². The van der Waals surface area contributed by atoms with Gasteiger partial charge in [0.2, 0.25) is 0 Å². The minimum atomic E-state index is -0.762. The number of ether oxygens (including phenoxy) is 3. The van der Waals surface area contributed by atoms with E-state index < -0.39 is 6.10 Å². The van der Waals surface area contributed by atoms with Gasteiger partial charge in [-0.2, -0.15) is 0 Å². The van der Waals surface area contributed by atoms with Gasteiger partial charge in [-0.3, -0.25) is 14.4 Å². The fourth-order valence-electron chi connectivity index (χ4n) is 10.4. The lowest BCUT2D eigenvalue weighted by Crippen LogP contribution is -2.30. The summed E-state index contributed by atoms with van der Waals surface area (Å²) in [6, 6.07) is 0. The standard InChI is InChI=1S/C66H128O6/c1-4-7-10-13-16-19-22-25-27-29-30-31-32-33-34-35-37-38-41-44-47-50-53-56-59-65(68)71-62-63(61-70-64(67)58-55-52-49-46-43-40-24-21-18-15-12-9-6-3)72-66(69)60-57-54-51-48-45-42-39-36-28-26-23-20-17-14-11-8-5-2/h63H,4-62H2,1-3H3. The molecule has 0 aliphatic rings. The summed E-state index contributed by atoms with van der Waals surface area (Å²) in [5, 5.41) is 0. The molecule has 0 rings (SSSR count). The monoisotopic (exact) mass is 1020 g/mol. The molecule has 0 saturated heterocycles. The molecule has 0 heterocycles. The molecule has 1 unspecified atom stereocenters. The molecule has 0 bridgehead atoms. The van der Waals surface area contributed by atoms with E-state index in [1.807, 2.05) is 0 Å². The summed E-state index contributed by atoms with van der Waals surface area (Å²) in [6.45, 7) is 6.73. The van der Waals surface area contributed by atoms with E-state index in [1.54, 1.807) is 0 Å². The fraction of sp³-hybridized carbons (Fsp3) is 0.955. The molecule has 6 nitrogen and oxygen atoms in total. The van der Waals surface area contributed by atoms with Crippen molar-refractivity contribution in [3.8, 4) is 0 Å². The third-order valence-electron chi connectivity index (χ3n) is 15.4. The van der Waals surface area contributed by atoms with Crippen LogP contribution < -0.4 is 0 Å². The van der Waals surface area contributed by atoms with E-state index in [1.165, 1.54) is 289 Å². The Bertz CT molecular complexity index is 1080. The summed E-state index contributed by atoms with van der Waals surface area (Å²) in [7, 11) is 0. The van der Waals surface area contributed by atoms with Crippen molar-refractivity contribution in [3.05, 3.63) is 0 Å². The first kappa shape index (κ1) is 70.4. The zero-order chi connectivity index (χ0) is 52.2. The first-order valence-corrected chi connectivity index (χ1v) is 33.0. The van der Waals surface area contributed by atoms with Crippen molar-refractivity contribution < 1.29 is 28.6 Å². The molecule has 428 valence electrons. The molecule has 0 spiro atoms. The van der Waals surface area contributed by atoms with Crippen LogP contribution in [0.5, 0.6) is 0 Å². The maximum atomic E-state index is 12.9. The highest BCUT2D eigenvalue weighted by Crippen LogP contribution is 2.19. The Morgan fingerprint density at radius 3 is 0.556 bits per heavy atom. The topological polar surface area (TPSA) is 78.9 Å². The summed E-state index contributed by atoms with van der Waals surface area (Å²) < 4.78 is 17.0. The summed E-state index contributed by atoms with van der Waals surface area (Å²) in [5.74, 6) is -0.824. The average molecular weight is 1020 g/mol. The van der Waals surface area contributed by atoms with Gasteiger partial charge in [0.1, 0.15) is 13.2 Å². The molecule has 72 heavy (non-hydrogen) atoms. The smallest absolute Gasteiger partial charge is 0.306 e. The molecule has 0 aromatic carbocycles. The van der Waals surface area contributed by atoms with Gasteiger partial charge in [-0.1, -0.05) is 348 Å². The molecule has 1 atom stereocenters. The quantitative estimate of drug-likeness (QED) is 0.0343. The maximum Gasteiger partial charge on any atom is 0.306 e. The van der Waals surface area contributed by atoms with Crippen molar-refractivity contribution in [2.75, 3.05) is 13.2 Å². The van der Waals surface area contributed by atoms with Crippen LogP contribution in [0.4, 0.5) is 0 Å². The second-order valence-corrected chi connectivity index (χ2v) is 22.8. The summed E-state index contributed by atoms with van der Waals surface area (Å²) >= 11 is 0. The number of hydrogen-bond donors (Lipinski definition) is 0. The van der Waals surface area contributed by atoms with Gasteiger partial charge in [0, 0.05) is 19.3 Å². The SMILES string of the molecule is CCCCCCCCCCCCCCCCCCCCCCCCCCC(=O)OCC(COC(=O)CCCCCCCCCCCCCCC)OC(=O)CCCCCCCCCCCCCCCCCCC. The lowest BCUT2D eigenvalue weighted by Gasteiger charge is -2.18. The number of rotatable bonds is 62. The first-order valence-electron chi connectivity index (χ1n) is 33.0. The highest BCUT2D eigenvalue weighted by molar-refractivity contribution is 5.71. The second kappa shape index (κ2) is 62.0. The highest BCUT2D eigenvalue weighted by Gasteiger charge is 2.19. The van der Waals surface area contributed by atoms with Crippen LogP contribution in [0.3, 0.4) is 0 Å². The van der Waals surface area contributed by atoms with E-state index in [4.69, 9.17) is 14.2 Å². The number of hydrogen-bond acceptors (Lipinski definition) is 6. The Kier molecular flexibility index (Phi) is 60.6. The molecule has 0 fully saturated rings. The minimum Gasteiger partial charge on any atom is -0.462 e. The molecule has 0 aliphatic heterocycles. The Labute approximate surface area is 450 Å². The molecule has 0 aromatic heterocycles. The number of esters is 3. The molecular weight excluding hydrogens is 889 g/mol. The van der Waals surface area contributed by atoms with E-state index in [0.29, 0.717) is 19.3 Å². The van der Waals surface area contributed by atoms with Gasteiger partial charge >= 0.3 is 17.9 Å². The Hall–Kier alpha value is -1.59. The van der Waals surface area contributed by atoms with Crippen molar-refractivity contribution in [1.82, 2.24) is 0 Å². The summed E-state index contributed by atoms with van der Waals surface area (Å²) in [5.41, 5.74) is 0. The maximum absolute atomic E-state index is 12.9. The van der Waals surface area contributed by atoms with Gasteiger partial charge in [-0.05, 0) is 19.3 Å². The van der Waals surface area contributed by atoms with Crippen molar-refractivity contribution in [1.29, 1.82) is 0 Å².